The fourth-order valence-corrected chi connectivity index (χ4v) is 2.95. The zero-order valence-electron chi connectivity index (χ0n) is 10.9. The highest BCUT2D eigenvalue weighted by Crippen LogP contribution is 2.22. The monoisotopic (exact) mass is 323 g/mol. The van der Waals surface area contributed by atoms with Crippen molar-refractivity contribution in [2.45, 2.75) is 11.8 Å². The molecule has 0 fully saturated rings. The second-order valence-corrected chi connectivity index (χ2v) is 6.41. The Kier molecular flexibility index (Phi) is 3.30. The van der Waals surface area contributed by atoms with Crippen LogP contribution in [0.1, 0.15) is 5.89 Å². The van der Waals surface area contributed by atoms with Gasteiger partial charge in [0.15, 0.2) is 11.5 Å². The molecule has 0 spiro atoms. The summed E-state index contributed by atoms with van der Waals surface area (Å²) in [5.41, 5.74) is 1.58. The molecule has 2 aromatic heterocycles. The number of nitrogens with one attached hydrogen (secondary N) is 1. The number of aryl methyl sites for hydroxylation is 1. The maximum atomic E-state index is 12.2. The SMILES string of the molecule is Cc1nc2cc(NS(=O)(=O)c3ccc(Cl)nc3)ccc2o1. The summed E-state index contributed by atoms with van der Waals surface area (Å²) in [4.78, 5) is 7.95. The van der Waals surface area contributed by atoms with Crippen LogP contribution in [0.5, 0.6) is 0 Å². The van der Waals surface area contributed by atoms with Gasteiger partial charge in [0.2, 0.25) is 0 Å². The van der Waals surface area contributed by atoms with Crippen molar-refractivity contribution >= 4 is 38.4 Å². The summed E-state index contributed by atoms with van der Waals surface area (Å²) in [7, 11) is -3.72. The van der Waals surface area contributed by atoms with E-state index in [1.165, 1.54) is 18.3 Å². The molecule has 0 amide bonds. The molecule has 0 radical (unpaired) electrons. The van der Waals surface area contributed by atoms with Gasteiger partial charge in [-0.2, -0.15) is 0 Å². The van der Waals surface area contributed by atoms with Crippen molar-refractivity contribution in [3.63, 3.8) is 0 Å². The summed E-state index contributed by atoms with van der Waals surface area (Å²) in [5, 5.41) is 0.230. The van der Waals surface area contributed by atoms with Crippen molar-refractivity contribution in [2.75, 3.05) is 4.72 Å². The highest BCUT2D eigenvalue weighted by atomic mass is 35.5. The molecule has 8 heteroatoms. The van der Waals surface area contributed by atoms with E-state index in [1.807, 2.05) is 0 Å². The van der Waals surface area contributed by atoms with Gasteiger partial charge in [0.25, 0.3) is 10.0 Å². The molecule has 2 heterocycles. The number of hydrogen-bond acceptors (Lipinski definition) is 5. The highest BCUT2D eigenvalue weighted by Gasteiger charge is 2.15. The zero-order chi connectivity index (χ0) is 15.0. The lowest BCUT2D eigenvalue weighted by Crippen LogP contribution is -2.13. The lowest BCUT2D eigenvalue weighted by Gasteiger charge is -2.07. The summed E-state index contributed by atoms with van der Waals surface area (Å²) in [6.45, 7) is 1.73. The molecule has 3 aromatic rings. The van der Waals surface area contributed by atoms with E-state index in [9.17, 15) is 8.42 Å². The standard InChI is InChI=1S/C13H10ClN3O3S/c1-8-16-11-6-9(2-4-12(11)20-8)17-21(18,19)10-3-5-13(14)15-7-10/h2-7,17H,1H3. The third-order valence-electron chi connectivity index (χ3n) is 2.76. The number of pyridine rings is 1. The van der Waals surface area contributed by atoms with E-state index in [0.29, 0.717) is 22.7 Å². The molecule has 0 aliphatic rings. The summed E-state index contributed by atoms with van der Waals surface area (Å²) in [6, 6.07) is 7.67. The molecule has 0 unspecified atom stereocenters. The molecule has 108 valence electrons. The van der Waals surface area contributed by atoms with Crippen molar-refractivity contribution in [2.24, 2.45) is 0 Å². The van der Waals surface area contributed by atoms with Crippen LogP contribution in [0, 0.1) is 6.92 Å². The number of fused-ring (bicyclic) bond motifs is 1. The van der Waals surface area contributed by atoms with Gasteiger partial charge in [0.1, 0.15) is 15.6 Å². The number of halogens is 1. The van der Waals surface area contributed by atoms with Gasteiger partial charge in [0, 0.05) is 13.1 Å². The predicted octanol–water partition coefficient (Wildman–Crippen LogP) is 2.99. The molecule has 0 saturated carbocycles. The molecule has 0 atom stereocenters. The van der Waals surface area contributed by atoms with Crippen LogP contribution in [0.4, 0.5) is 5.69 Å². The largest absolute Gasteiger partial charge is 0.441 e. The van der Waals surface area contributed by atoms with E-state index in [2.05, 4.69) is 14.7 Å². The number of rotatable bonds is 3. The van der Waals surface area contributed by atoms with E-state index in [4.69, 9.17) is 16.0 Å². The minimum absolute atomic E-state index is 0.0309. The third-order valence-corrected chi connectivity index (χ3v) is 4.35. The molecule has 1 aromatic carbocycles. The molecule has 0 aliphatic carbocycles. The molecule has 6 nitrogen and oxygen atoms in total. The Morgan fingerprint density at radius 3 is 2.76 bits per heavy atom. The molecule has 1 N–H and O–H groups in total. The van der Waals surface area contributed by atoms with Gasteiger partial charge in [-0.05, 0) is 30.3 Å². The van der Waals surface area contributed by atoms with Gasteiger partial charge in [-0.15, -0.1) is 0 Å². The number of aromatic nitrogens is 2. The van der Waals surface area contributed by atoms with Gasteiger partial charge in [-0.25, -0.2) is 18.4 Å². The fraction of sp³-hybridized carbons (Fsp3) is 0.0769. The molecule has 0 aliphatic heterocycles. The first-order valence-electron chi connectivity index (χ1n) is 5.96. The van der Waals surface area contributed by atoms with Gasteiger partial charge in [-0.3, -0.25) is 4.72 Å². The Morgan fingerprint density at radius 2 is 2.05 bits per heavy atom. The average Bonchev–Trinajstić information content (AvgIpc) is 2.78. The number of sulfonamides is 1. The molecular weight excluding hydrogens is 314 g/mol. The first kappa shape index (κ1) is 13.8. The van der Waals surface area contributed by atoms with Crippen LogP contribution < -0.4 is 4.72 Å². The van der Waals surface area contributed by atoms with E-state index >= 15 is 0 Å². The minimum Gasteiger partial charge on any atom is -0.441 e. The van der Waals surface area contributed by atoms with Crippen LogP contribution in [-0.2, 0) is 10.0 Å². The number of benzene rings is 1. The first-order valence-corrected chi connectivity index (χ1v) is 7.82. The normalized spacial score (nSPS) is 11.7. The van der Waals surface area contributed by atoms with E-state index in [1.54, 1.807) is 25.1 Å². The van der Waals surface area contributed by atoms with Crippen LogP contribution in [0.3, 0.4) is 0 Å². The number of nitrogens with zero attached hydrogens (tertiary/aromatic N) is 2. The Bertz CT molecular complexity index is 904. The van der Waals surface area contributed by atoms with Crippen LogP contribution >= 0.6 is 11.6 Å². The number of hydrogen-bond donors (Lipinski definition) is 1. The van der Waals surface area contributed by atoms with E-state index in [-0.39, 0.29) is 10.0 Å². The van der Waals surface area contributed by atoms with Crippen molar-refractivity contribution in [3.8, 4) is 0 Å². The van der Waals surface area contributed by atoms with Crippen molar-refractivity contribution in [1.82, 2.24) is 9.97 Å². The second-order valence-electron chi connectivity index (χ2n) is 4.34. The Labute approximate surface area is 125 Å². The molecule has 0 bridgehead atoms. The van der Waals surface area contributed by atoms with Crippen LogP contribution in [0.25, 0.3) is 11.1 Å². The lowest BCUT2D eigenvalue weighted by molar-refractivity contribution is 0.561. The zero-order valence-corrected chi connectivity index (χ0v) is 12.4. The molecule has 3 rings (SSSR count). The van der Waals surface area contributed by atoms with Crippen LogP contribution in [0.15, 0.2) is 45.8 Å². The Morgan fingerprint density at radius 1 is 1.24 bits per heavy atom. The van der Waals surface area contributed by atoms with Gasteiger partial charge in [0.05, 0.1) is 5.69 Å². The van der Waals surface area contributed by atoms with Crippen LogP contribution in [-0.4, -0.2) is 18.4 Å². The van der Waals surface area contributed by atoms with Crippen molar-refractivity contribution in [3.05, 3.63) is 47.6 Å². The van der Waals surface area contributed by atoms with E-state index in [0.717, 1.165) is 0 Å². The van der Waals surface area contributed by atoms with Gasteiger partial charge < -0.3 is 4.42 Å². The first-order chi connectivity index (χ1) is 9.94. The predicted molar refractivity (Wildman–Crippen MR) is 78.8 cm³/mol. The van der Waals surface area contributed by atoms with Crippen molar-refractivity contribution < 1.29 is 12.8 Å². The van der Waals surface area contributed by atoms with Crippen molar-refractivity contribution in [1.29, 1.82) is 0 Å². The van der Waals surface area contributed by atoms with Crippen LogP contribution in [0.2, 0.25) is 5.15 Å². The number of oxazole rings is 1. The molecular formula is C13H10ClN3O3S. The fourth-order valence-electron chi connectivity index (χ4n) is 1.84. The van der Waals surface area contributed by atoms with E-state index < -0.39 is 10.0 Å². The van der Waals surface area contributed by atoms with Gasteiger partial charge in [-0.1, -0.05) is 11.6 Å². The highest BCUT2D eigenvalue weighted by molar-refractivity contribution is 7.92. The van der Waals surface area contributed by atoms with Gasteiger partial charge >= 0.3 is 0 Å². The lowest BCUT2D eigenvalue weighted by atomic mass is 10.3. The third kappa shape index (κ3) is 2.84. The summed E-state index contributed by atoms with van der Waals surface area (Å²) >= 11 is 5.64. The molecule has 21 heavy (non-hydrogen) atoms. The quantitative estimate of drug-likeness (QED) is 0.749. The second kappa shape index (κ2) is 5.01. The maximum Gasteiger partial charge on any atom is 0.263 e. The summed E-state index contributed by atoms with van der Waals surface area (Å²) < 4.78 is 32.2. The Hall–Kier alpha value is -2.12. The minimum atomic E-state index is -3.72. The smallest absolute Gasteiger partial charge is 0.263 e. The Balaban J connectivity index is 1.94. The summed E-state index contributed by atoms with van der Waals surface area (Å²) in [6.07, 6.45) is 1.20. The number of anilines is 1. The summed E-state index contributed by atoms with van der Waals surface area (Å²) in [5.74, 6) is 0.520. The maximum absolute atomic E-state index is 12.2. The average molecular weight is 324 g/mol. The molecule has 0 saturated heterocycles. The topological polar surface area (TPSA) is 85.1 Å².